The first kappa shape index (κ1) is 43.1. The van der Waals surface area contributed by atoms with Crippen molar-refractivity contribution in [1.29, 1.82) is 0 Å². The summed E-state index contributed by atoms with van der Waals surface area (Å²) in [5.74, 6) is 0. The molecule has 354 valence electrons. The van der Waals surface area contributed by atoms with Crippen LogP contribution in [0.5, 0.6) is 0 Å². The molecule has 0 amide bonds. The average Bonchev–Trinajstić information content (AvgIpc) is 4.42. The Morgan fingerprint density at radius 3 is 1.16 bits per heavy atom. The topological polar surface area (TPSA) is 3.24 Å². The number of anilines is 3. The summed E-state index contributed by atoms with van der Waals surface area (Å²) in [7, 11) is 0. The van der Waals surface area contributed by atoms with Crippen LogP contribution in [0.15, 0.2) is 285 Å². The molecule has 12 aromatic carbocycles. The summed E-state index contributed by atoms with van der Waals surface area (Å²) < 4.78 is 2.55. The Balaban J connectivity index is 1.01. The van der Waals surface area contributed by atoms with E-state index in [9.17, 15) is 0 Å². The molecule has 2 heteroatoms. The summed E-state index contributed by atoms with van der Waals surface area (Å²) in [4.78, 5) is 2.66. The van der Waals surface area contributed by atoms with Crippen molar-refractivity contribution in [3.8, 4) is 55.6 Å². The summed E-state index contributed by atoms with van der Waals surface area (Å²) in [6.07, 6.45) is 0. The first-order chi connectivity index (χ1) is 37.7. The van der Waals surface area contributed by atoms with E-state index in [2.05, 4.69) is 290 Å². The molecule has 3 aliphatic carbocycles. The molecule has 0 saturated heterocycles. The molecule has 0 saturated carbocycles. The highest BCUT2D eigenvalue weighted by Gasteiger charge is 2.53. The van der Waals surface area contributed by atoms with Crippen LogP contribution in [0.4, 0.5) is 17.1 Å². The second kappa shape index (κ2) is 16.6. The fraction of sp³-hybridized carbons (Fsp3) is 0.0270. The van der Waals surface area contributed by atoms with Crippen molar-refractivity contribution in [2.75, 3.05) is 4.90 Å². The van der Waals surface area contributed by atoms with E-state index >= 15 is 0 Å². The molecule has 0 aliphatic heterocycles. The van der Waals surface area contributed by atoms with Crippen LogP contribution in [0.2, 0.25) is 0 Å². The Labute approximate surface area is 446 Å². The number of hydrogen-bond donors (Lipinski definition) is 0. The Kier molecular flexibility index (Phi) is 9.40. The van der Waals surface area contributed by atoms with Gasteiger partial charge >= 0.3 is 0 Å². The van der Waals surface area contributed by atoms with Gasteiger partial charge in [0.2, 0.25) is 0 Å². The van der Waals surface area contributed by atoms with Crippen molar-refractivity contribution >= 4 is 48.6 Å². The normalized spacial score (nSPS) is 13.7. The lowest BCUT2D eigenvalue weighted by Gasteiger charge is -2.35. The largest absolute Gasteiger partial charge is 0.309 e. The zero-order chi connectivity index (χ0) is 50.0. The highest BCUT2D eigenvalue weighted by Crippen LogP contribution is 2.66. The van der Waals surface area contributed by atoms with E-state index in [1.54, 1.807) is 0 Å². The van der Waals surface area contributed by atoms with Crippen molar-refractivity contribution in [2.24, 2.45) is 0 Å². The van der Waals surface area contributed by atoms with E-state index in [0.29, 0.717) is 0 Å². The van der Waals surface area contributed by atoms with Gasteiger partial charge in [0.1, 0.15) is 0 Å². The first-order valence-corrected chi connectivity index (χ1v) is 27.2. The minimum absolute atomic E-state index is 0.500. The monoisotopic (exact) mass is 981 g/mol. The van der Waals surface area contributed by atoms with E-state index in [0.717, 1.165) is 17.1 Å². The van der Waals surface area contributed by atoms with E-state index in [4.69, 9.17) is 0 Å². The molecule has 0 N–H and O–H groups in total. The molecule has 1 aromatic heterocycles. The van der Waals surface area contributed by atoms with Crippen LogP contribution >= 0.6 is 11.3 Å². The van der Waals surface area contributed by atoms with Gasteiger partial charge in [-0.2, -0.15) is 0 Å². The molecule has 0 fully saturated rings. The van der Waals surface area contributed by atoms with Gasteiger partial charge in [0.15, 0.2) is 0 Å². The lowest BCUT2D eigenvalue weighted by molar-refractivity contribution is 0.769. The smallest absolute Gasteiger partial charge is 0.0726 e. The van der Waals surface area contributed by atoms with Crippen molar-refractivity contribution < 1.29 is 0 Å². The molecular formula is C74H47NS. The van der Waals surface area contributed by atoms with Crippen LogP contribution in [0, 0.1) is 0 Å². The molecule has 76 heavy (non-hydrogen) atoms. The molecule has 0 radical (unpaired) electrons. The highest BCUT2D eigenvalue weighted by molar-refractivity contribution is 7.26. The molecule has 1 spiro atoms. The maximum absolute atomic E-state index is 2.66. The van der Waals surface area contributed by atoms with Crippen molar-refractivity contribution in [1.82, 2.24) is 0 Å². The molecule has 0 atom stereocenters. The van der Waals surface area contributed by atoms with Gasteiger partial charge in [0.25, 0.3) is 0 Å². The zero-order valence-electron chi connectivity index (χ0n) is 41.5. The van der Waals surface area contributed by atoms with Crippen LogP contribution in [-0.4, -0.2) is 0 Å². The number of thiophene rings is 1. The maximum Gasteiger partial charge on any atom is 0.0726 e. The molecule has 0 bridgehead atoms. The third kappa shape index (κ3) is 5.85. The molecule has 16 rings (SSSR count). The number of rotatable bonds is 7. The molecule has 13 aromatic rings. The highest BCUT2D eigenvalue weighted by atomic mass is 32.1. The quantitative estimate of drug-likeness (QED) is 0.154. The van der Waals surface area contributed by atoms with Gasteiger partial charge < -0.3 is 4.90 Å². The molecule has 1 heterocycles. The van der Waals surface area contributed by atoms with Gasteiger partial charge in [-0.25, -0.2) is 0 Å². The van der Waals surface area contributed by atoms with Gasteiger partial charge in [-0.1, -0.05) is 255 Å². The van der Waals surface area contributed by atoms with Crippen molar-refractivity contribution in [3.05, 3.63) is 330 Å². The third-order valence-corrected chi connectivity index (χ3v) is 18.1. The number of hydrogen-bond acceptors (Lipinski definition) is 2. The van der Waals surface area contributed by atoms with Gasteiger partial charge in [-0.05, 0) is 119 Å². The van der Waals surface area contributed by atoms with E-state index < -0.39 is 10.8 Å². The molecule has 3 aliphatic rings. The fourth-order valence-corrected chi connectivity index (χ4v) is 15.1. The first-order valence-electron chi connectivity index (χ1n) is 26.4. The summed E-state index contributed by atoms with van der Waals surface area (Å²) in [5.41, 5.74) is 25.1. The molecule has 1 nitrogen and oxygen atoms in total. The van der Waals surface area contributed by atoms with Crippen LogP contribution in [0.1, 0.15) is 44.5 Å². The number of nitrogens with zero attached hydrogens (tertiary/aromatic N) is 1. The maximum atomic E-state index is 2.66. The zero-order valence-corrected chi connectivity index (χ0v) is 42.3. The fourth-order valence-electron chi connectivity index (χ4n) is 14.0. The van der Waals surface area contributed by atoms with Gasteiger partial charge in [0.05, 0.1) is 27.9 Å². The molecule has 0 unspecified atom stereocenters. The SMILES string of the molecule is c1ccc(-c2ccc(C3(c4ccc(-c5ccccc5)cc4)c4ccccc4-c4c(N(c5cccc6c5-c5ccccc5C65c6ccccc6-c6ccccc65)c5cccc6sc7ccccc7c56)cccc43)cc2)cc1. The van der Waals surface area contributed by atoms with Gasteiger partial charge in [-0.3, -0.25) is 0 Å². The second-order valence-electron chi connectivity index (χ2n) is 20.6. The average molecular weight is 982 g/mol. The van der Waals surface area contributed by atoms with Crippen molar-refractivity contribution in [2.45, 2.75) is 10.8 Å². The standard InChI is InChI=1S/C74H47NS/c1-3-20-48(21-4-1)50-40-44-52(45-41-50)73(53-46-42-51(43-47-53)49-22-5-2-6-23-49)61-31-14-9-26-56(61)70-63(73)33-17-35-65(70)75(67-37-19-39-69-72(67)58-28-11-16-38-68(58)76-69)66-36-18-34-64-71(66)57-27-10-15-32-62(57)74(64)59-29-12-7-24-54(59)55-25-8-13-30-60(55)74/h1-47H. The van der Waals surface area contributed by atoms with Crippen LogP contribution in [0.25, 0.3) is 75.8 Å². The summed E-state index contributed by atoms with van der Waals surface area (Å²) in [6, 6.07) is 107. The number of benzene rings is 12. The lowest BCUT2D eigenvalue weighted by atomic mass is 9.67. The Hall–Kier alpha value is -9.34. The number of fused-ring (bicyclic) bond motifs is 16. The Morgan fingerprint density at radius 1 is 0.250 bits per heavy atom. The van der Waals surface area contributed by atoms with E-state index in [-0.39, 0.29) is 0 Å². The third-order valence-electron chi connectivity index (χ3n) is 17.0. The Morgan fingerprint density at radius 2 is 0.618 bits per heavy atom. The minimum Gasteiger partial charge on any atom is -0.309 e. The van der Waals surface area contributed by atoms with Crippen molar-refractivity contribution in [3.63, 3.8) is 0 Å². The summed E-state index contributed by atoms with van der Waals surface area (Å²) >= 11 is 1.88. The predicted octanol–water partition coefficient (Wildman–Crippen LogP) is 19.6. The van der Waals surface area contributed by atoms with Crippen LogP contribution in [0.3, 0.4) is 0 Å². The van der Waals surface area contributed by atoms with E-state index in [1.165, 1.54) is 120 Å². The van der Waals surface area contributed by atoms with Crippen LogP contribution in [-0.2, 0) is 10.8 Å². The van der Waals surface area contributed by atoms with Gasteiger partial charge in [0, 0.05) is 31.3 Å². The predicted molar refractivity (Wildman–Crippen MR) is 318 cm³/mol. The second-order valence-corrected chi connectivity index (χ2v) is 21.6. The van der Waals surface area contributed by atoms with Crippen LogP contribution < -0.4 is 4.90 Å². The van der Waals surface area contributed by atoms with Gasteiger partial charge in [-0.15, -0.1) is 11.3 Å². The summed E-state index contributed by atoms with van der Waals surface area (Å²) in [6.45, 7) is 0. The minimum atomic E-state index is -0.661. The summed E-state index contributed by atoms with van der Waals surface area (Å²) in [5, 5.41) is 2.53. The molecular weight excluding hydrogens is 935 g/mol. The lowest BCUT2D eigenvalue weighted by Crippen LogP contribution is -2.28. The Bertz CT molecular complexity index is 4320. The van der Waals surface area contributed by atoms with E-state index in [1.807, 2.05) is 11.3 Å².